The molecule has 154 valence electrons. The van der Waals surface area contributed by atoms with E-state index in [1.807, 2.05) is 0 Å². The lowest BCUT2D eigenvalue weighted by molar-refractivity contribution is -0.385. The van der Waals surface area contributed by atoms with Crippen molar-refractivity contribution in [3.8, 4) is 11.6 Å². The smallest absolute Gasteiger partial charge is 0.328 e. The molecule has 1 aliphatic heterocycles. The quantitative estimate of drug-likeness (QED) is 0.294. The highest BCUT2D eigenvalue weighted by Crippen LogP contribution is 2.34. The number of hydrogen-bond acceptors (Lipinski definition) is 9. The van der Waals surface area contributed by atoms with Crippen molar-refractivity contribution in [1.82, 2.24) is 9.88 Å². The van der Waals surface area contributed by atoms with Gasteiger partial charge in [0, 0.05) is 12.1 Å². The topological polar surface area (TPSA) is 129 Å². The van der Waals surface area contributed by atoms with Crippen LogP contribution in [0.2, 0.25) is 0 Å². The molecule has 1 saturated heterocycles. The third-order valence-corrected chi connectivity index (χ3v) is 4.97. The summed E-state index contributed by atoms with van der Waals surface area (Å²) >= 11 is 0.738. The number of methoxy groups -OCH3 is 1. The van der Waals surface area contributed by atoms with Crippen LogP contribution in [-0.2, 0) is 14.3 Å². The molecule has 3 rings (SSSR count). The first kappa shape index (κ1) is 21.0. The molecule has 1 aliphatic rings. The zero-order valence-corrected chi connectivity index (χ0v) is 16.6. The SMILES string of the molecule is COC(=O)C(C)N1C(=O)S/C(=C/c2ccc(Oc3ccc([N+](=O)[O-])cn3)cc2)C1=O. The number of amides is 2. The summed E-state index contributed by atoms with van der Waals surface area (Å²) in [6, 6.07) is 8.22. The number of ether oxygens (including phenoxy) is 2. The summed E-state index contributed by atoms with van der Waals surface area (Å²) in [6.45, 7) is 1.42. The molecule has 1 fully saturated rings. The molecule has 0 N–H and O–H groups in total. The average Bonchev–Trinajstić information content (AvgIpc) is 3.01. The molecule has 11 heteroatoms. The highest BCUT2D eigenvalue weighted by Gasteiger charge is 2.41. The van der Waals surface area contributed by atoms with Crippen molar-refractivity contribution in [2.75, 3.05) is 7.11 Å². The molecule has 0 radical (unpaired) electrons. The Morgan fingerprint density at radius 3 is 2.50 bits per heavy atom. The molecule has 1 unspecified atom stereocenters. The summed E-state index contributed by atoms with van der Waals surface area (Å²) in [7, 11) is 1.18. The number of esters is 1. The van der Waals surface area contributed by atoms with Gasteiger partial charge in [-0.15, -0.1) is 0 Å². The van der Waals surface area contributed by atoms with E-state index < -0.39 is 28.1 Å². The van der Waals surface area contributed by atoms with Gasteiger partial charge in [0.2, 0.25) is 5.88 Å². The predicted molar refractivity (Wildman–Crippen MR) is 107 cm³/mol. The van der Waals surface area contributed by atoms with Gasteiger partial charge in [-0.05, 0) is 42.5 Å². The van der Waals surface area contributed by atoms with Crippen LogP contribution in [0.1, 0.15) is 12.5 Å². The van der Waals surface area contributed by atoms with Gasteiger partial charge in [-0.2, -0.15) is 0 Å². The number of carbonyl (C=O) groups is 3. The van der Waals surface area contributed by atoms with Crippen LogP contribution in [0.5, 0.6) is 11.6 Å². The molecule has 30 heavy (non-hydrogen) atoms. The van der Waals surface area contributed by atoms with Crippen molar-refractivity contribution < 1.29 is 28.8 Å². The summed E-state index contributed by atoms with van der Waals surface area (Å²) in [5.41, 5.74) is 0.489. The molecule has 1 aromatic heterocycles. The monoisotopic (exact) mass is 429 g/mol. The minimum Gasteiger partial charge on any atom is -0.467 e. The lowest BCUT2D eigenvalue weighted by atomic mass is 10.2. The van der Waals surface area contributed by atoms with E-state index in [1.165, 1.54) is 32.2 Å². The van der Waals surface area contributed by atoms with Gasteiger partial charge in [0.1, 0.15) is 18.0 Å². The maximum Gasteiger partial charge on any atom is 0.328 e. The van der Waals surface area contributed by atoms with E-state index in [-0.39, 0.29) is 16.5 Å². The van der Waals surface area contributed by atoms with Gasteiger partial charge in [0.15, 0.2) is 0 Å². The van der Waals surface area contributed by atoms with Crippen LogP contribution >= 0.6 is 11.8 Å². The van der Waals surface area contributed by atoms with Crippen LogP contribution in [0.4, 0.5) is 10.5 Å². The molecule has 0 bridgehead atoms. The van der Waals surface area contributed by atoms with Crippen LogP contribution in [0.15, 0.2) is 47.5 Å². The number of hydrogen-bond donors (Lipinski definition) is 0. The molecule has 0 aliphatic carbocycles. The molecule has 10 nitrogen and oxygen atoms in total. The van der Waals surface area contributed by atoms with Crippen molar-refractivity contribution in [2.24, 2.45) is 0 Å². The highest BCUT2D eigenvalue weighted by atomic mass is 32.2. The maximum atomic E-state index is 12.5. The number of thioether (sulfide) groups is 1. The summed E-state index contributed by atoms with van der Waals surface area (Å²) in [5.74, 6) is -0.634. The normalized spacial score (nSPS) is 15.9. The fraction of sp³-hybridized carbons (Fsp3) is 0.158. The zero-order valence-electron chi connectivity index (χ0n) is 15.8. The molecule has 1 atom stereocenters. The Bertz CT molecular complexity index is 1040. The summed E-state index contributed by atoms with van der Waals surface area (Å²) in [4.78, 5) is 51.3. The summed E-state index contributed by atoms with van der Waals surface area (Å²) < 4.78 is 10.1. The third kappa shape index (κ3) is 4.46. The minimum absolute atomic E-state index is 0.145. The van der Waals surface area contributed by atoms with E-state index >= 15 is 0 Å². The van der Waals surface area contributed by atoms with Gasteiger partial charge in [-0.3, -0.25) is 24.6 Å². The van der Waals surface area contributed by atoms with Gasteiger partial charge in [-0.1, -0.05) is 12.1 Å². The summed E-state index contributed by atoms with van der Waals surface area (Å²) in [5, 5.41) is 10.1. The Balaban J connectivity index is 1.71. The van der Waals surface area contributed by atoms with Gasteiger partial charge in [-0.25, -0.2) is 9.78 Å². The largest absolute Gasteiger partial charge is 0.467 e. The standard InChI is InChI=1S/C19H15N3O7S/c1-11(18(24)28-2)21-17(23)15(30-19(21)25)9-12-3-6-14(7-4-12)29-16-8-5-13(10-20-16)22(26)27/h3-11H,1-2H3/b15-9+. The lowest BCUT2D eigenvalue weighted by Gasteiger charge is -2.18. The fourth-order valence-electron chi connectivity index (χ4n) is 2.53. The van der Waals surface area contributed by atoms with E-state index in [0.29, 0.717) is 11.3 Å². The van der Waals surface area contributed by atoms with Gasteiger partial charge in [0.25, 0.3) is 16.8 Å². The van der Waals surface area contributed by atoms with Gasteiger partial charge < -0.3 is 9.47 Å². The summed E-state index contributed by atoms with van der Waals surface area (Å²) in [6.07, 6.45) is 2.62. The van der Waals surface area contributed by atoms with E-state index in [4.69, 9.17) is 4.74 Å². The molecule has 2 aromatic rings. The fourth-order valence-corrected chi connectivity index (χ4v) is 3.44. The molecule has 1 aromatic carbocycles. The number of aromatic nitrogens is 1. The zero-order chi connectivity index (χ0) is 21.8. The number of benzene rings is 1. The first-order valence-electron chi connectivity index (χ1n) is 8.53. The van der Waals surface area contributed by atoms with E-state index in [1.54, 1.807) is 24.3 Å². The first-order valence-corrected chi connectivity index (χ1v) is 9.35. The maximum absolute atomic E-state index is 12.5. The molecule has 0 saturated carbocycles. The van der Waals surface area contributed by atoms with Crippen LogP contribution in [0.3, 0.4) is 0 Å². The molecular formula is C19H15N3O7S. The predicted octanol–water partition coefficient (Wildman–Crippen LogP) is 3.38. The lowest BCUT2D eigenvalue weighted by Crippen LogP contribution is -2.42. The number of pyridine rings is 1. The molecular weight excluding hydrogens is 414 g/mol. The van der Waals surface area contributed by atoms with E-state index in [9.17, 15) is 24.5 Å². The second-order valence-corrected chi connectivity index (χ2v) is 7.03. The van der Waals surface area contributed by atoms with E-state index in [0.717, 1.165) is 22.9 Å². The van der Waals surface area contributed by atoms with Crippen molar-refractivity contribution >= 4 is 40.6 Å². The van der Waals surface area contributed by atoms with Gasteiger partial charge in [0.05, 0.1) is 16.9 Å². The van der Waals surface area contributed by atoms with Crippen LogP contribution in [0.25, 0.3) is 6.08 Å². The Labute approximate surface area is 174 Å². The molecule has 0 spiro atoms. The molecule has 2 amide bonds. The number of rotatable bonds is 6. The Hall–Kier alpha value is -3.73. The Morgan fingerprint density at radius 1 is 1.23 bits per heavy atom. The van der Waals surface area contributed by atoms with Crippen molar-refractivity contribution in [2.45, 2.75) is 13.0 Å². The van der Waals surface area contributed by atoms with Crippen LogP contribution in [0, 0.1) is 10.1 Å². The van der Waals surface area contributed by atoms with Gasteiger partial charge >= 0.3 is 5.97 Å². The van der Waals surface area contributed by atoms with Crippen molar-refractivity contribution in [1.29, 1.82) is 0 Å². The third-order valence-electron chi connectivity index (χ3n) is 4.08. The Kier molecular flexibility index (Phi) is 6.11. The molecule has 2 heterocycles. The number of nitro groups is 1. The second kappa shape index (κ2) is 8.74. The Morgan fingerprint density at radius 2 is 1.93 bits per heavy atom. The van der Waals surface area contributed by atoms with E-state index in [2.05, 4.69) is 9.72 Å². The number of carbonyl (C=O) groups excluding carboxylic acids is 3. The second-order valence-electron chi connectivity index (χ2n) is 6.03. The van der Waals surface area contributed by atoms with Crippen molar-refractivity contribution in [3.05, 3.63) is 63.2 Å². The highest BCUT2D eigenvalue weighted by molar-refractivity contribution is 8.18. The first-order chi connectivity index (χ1) is 14.3. The average molecular weight is 429 g/mol. The number of imide groups is 1. The van der Waals surface area contributed by atoms with Crippen molar-refractivity contribution in [3.63, 3.8) is 0 Å². The minimum atomic E-state index is -1.02. The van der Waals surface area contributed by atoms with Crippen LogP contribution < -0.4 is 4.74 Å². The number of nitrogens with zero attached hydrogens (tertiary/aromatic N) is 3. The van der Waals surface area contributed by atoms with Crippen LogP contribution in [-0.4, -0.2) is 45.1 Å².